The predicted octanol–water partition coefficient (Wildman–Crippen LogP) is 2.71. The highest BCUT2D eigenvalue weighted by Gasteiger charge is 2.18. The van der Waals surface area contributed by atoms with Gasteiger partial charge < -0.3 is 5.73 Å². The molecule has 0 amide bonds. The van der Waals surface area contributed by atoms with E-state index in [0.717, 1.165) is 18.5 Å². The normalized spacial score (nSPS) is 11.6. The van der Waals surface area contributed by atoms with Crippen LogP contribution in [0.1, 0.15) is 24.6 Å². The molecule has 0 spiro atoms. The molecule has 2 rings (SSSR count). The number of anilines is 2. The number of nitrogens with two attached hydrogens (primary N) is 1. The average molecular weight is 329 g/mol. The summed E-state index contributed by atoms with van der Waals surface area (Å²) in [6.45, 7) is 3.73. The lowest BCUT2D eigenvalue weighted by Gasteiger charge is -2.09. The van der Waals surface area contributed by atoms with E-state index in [1.807, 2.05) is 6.92 Å². The van der Waals surface area contributed by atoms with Gasteiger partial charge in [-0.15, -0.1) is 0 Å². The number of sulfonamides is 1. The lowest BCUT2D eigenvalue weighted by Crippen LogP contribution is -2.14. The topological polar surface area (TPSA) is 101 Å². The Morgan fingerprint density at radius 1 is 1.38 bits per heavy atom. The summed E-state index contributed by atoms with van der Waals surface area (Å²) in [4.78, 5) is 0.0574. The van der Waals surface area contributed by atoms with Gasteiger partial charge in [0.1, 0.15) is 0 Å². The van der Waals surface area contributed by atoms with Crippen LogP contribution in [0.2, 0.25) is 5.02 Å². The third kappa shape index (κ3) is 3.48. The van der Waals surface area contributed by atoms with E-state index in [1.165, 1.54) is 12.1 Å². The molecule has 0 saturated heterocycles. The Hall–Kier alpha value is -1.73. The van der Waals surface area contributed by atoms with Gasteiger partial charge in [0.05, 0.1) is 15.6 Å². The summed E-state index contributed by atoms with van der Waals surface area (Å²) >= 11 is 5.94. The van der Waals surface area contributed by atoms with E-state index in [-0.39, 0.29) is 16.4 Å². The van der Waals surface area contributed by atoms with Gasteiger partial charge in [0.2, 0.25) is 0 Å². The molecule has 4 N–H and O–H groups in total. The molecule has 0 saturated carbocycles. The van der Waals surface area contributed by atoms with Gasteiger partial charge in [0.15, 0.2) is 5.82 Å². The molecule has 2 aromatic rings. The molecule has 8 heteroatoms. The van der Waals surface area contributed by atoms with Crippen molar-refractivity contribution in [3.05, 3.63) is 34.5 Å². The molecule has 0 radical (unpaired) electrons. The van der Waals surface area contributed by atoms with Gasteiger partial charge in [-0.05, 0) is 31.0 Å². The van der Waals surface area contributed by atoms with Crippen molar-refractivity contribution < 1.29 is 8.42 Å². The number of H-pyrrole nitrogens is 1. The van der Waals surface area contributed by atoms with Crippen LogP contribution in [0.3, 0.4) is 0 Å². The fourth-order valence-electron chi connectivity index (χ4n) is 1.93. The van der Waals surface area contributed by atoms with Crippen LogP contribution >= 0.6 is 11.6 Å². The highest BCUT2D eigenvalue weighted by Crippen LogP contribution is 2.27. The number of aromatic nitrogens is 2. The second kappa shape index (κ2) is 5.95. The average Bonchev–Trinajstić information content (AvgIpc) is 2.82. The van der Waals surface area contributed by atoms with Gasteiger partial charge in [-0.25, -0.2) is 8.42 Å². The van der Waals surface area contributed by atoms with E-state index in [2.05, 4.69) is 14.9 Å². The molecule has 6 nitrogen and oxygen atoms in total. The van der Waals surface area contributed by atoms with Gasteiger partial charge in [0.25, 0.3) is 10.0 Å². The first kappa shape index (κ1) is 15.7. The van der Waals surface area contributed by atoms with E-state index in [9.17, 15) is 8.42 Å². The molecule has 0 fully saturated rings. The Balaban J connectivity index is 2.29. The number of nitrogens with zero attached hydrogens (tertiary/aromatic N) is 1. The second-order valence-corrected chi connectivity index (χ2v) is 6.84. The SMILES string of the molecule is CCCc1cc(NS(=O)(=O)c2cc(C)c(Cl)c(N)c2)n[nH]1. The van der Waals surface area contributed by atoms with Crippen LogP contribution in [0.5, 0.6) is 0 Å². The molecular weight excluding hydrogens is 312 g/mol. The van der Waals surface area contributed by atoms with Crippen LogP contribution in [0.15, 0.2) is 23.1 Å². The van der Waals surface area contributed by atoms with Crippen molar-refractivity contribution in [3.8, 4) is 0 Å². The molecular formula is C13H17ClN4O2S. The van der Waals surface area contributed by atoms with Crippen LogP contribution in [0.25, 0.3) is 0 Å². The Morgan fingerprint density at radius 2 is 2.10 bits per heavy atom. The Labute approximate surface area is 128 Å². The molecule has 0 aliphatic rings. The van der Waals surface area contributed by atoms with Crippen molar-refractivity contribution in [2.45, 2.75) is 31.6 Å². The van der Waals surface area contributed by atoms with Crippen LogP contribution in [0.4, 0.5) is 11.5 Å². The maximum Gasteiger partial charge on any atom is 0.263 e. The van der Waals surface area contributed by atoms with Crippen molar-refractivity contribution in [2.24, 2.45) is 0 Å². The van der Waals surface area contributed by atoms with Crippen LogP contribution in [-0.2, 0) is 16.4 Å². The molecule has 0 aliphatic heterocycles. The molecule has 114 valence electrons. The maximum absolute atomic E-state index is 12.3. The first-order valence-corrected chi connectivity index (χ1v) is 8.32. The summed E-state index contributed by atoms with van der Waals surface area (Å²) < 4.78 is 27.1. The van der Waals surface area contributed by atoms with Crippen molar-refractivity contribution in [1.82, 2.24) is 10.2 Å². The number of hydrogen-bond acceptors (Lipinski definition) is 4. The number of hydrogen-bond donors (Lipinski definition) is 3. The molecule has 21 heavy (non-hydrogen) atoms. The zero-order valence-electron chi connectivity index (χ0n) is 11.8. The molecule has 0 aliphatic carbocycles. The van der Waals surface area contributed by atoms with Gasteiger partial charge in [-0.1, -0.05) is 24.9 Å². The smallest absolute Gasteiger partial charge is 0.263 e. The number of rotatable bonds is 5. The van der Waals surface area contributed by atoms with Crippen LogP contribution < -0.4 is 10.5 Å². The minimum atomic E-state index is -3.75. The quantitative estimate of drug-likeness (QED) is 0.734. The largest absolute Gasteiger partial charge is 0.397 e. The Kier molecular flexibility index (Phi) is 4.43. The van der Waals surface area contributed by atoms with Crippen LogP contribution in [0, 0.1) is 6.92 Å². The van der Waals surface area contributed by atoms with Crippen molar-refractivity contribution in [3.63, 3.8) is 0 Å². The van der Waals surface area contributed by atoms with Crippen molar-refractivity contribution in [1.29, 1.82) is 0 Å². The summed E-state index contributed by atoms with van der Waals surface area (Å²) in [5, 5.41) is 7.09. The van der Waals surface area contributed by atoms with E-state index >= 15 is 0 Å². The fraction of sp³-hybridized carbons (Fsp3) is 0.308. The van der Waals surface area contributed by atoms with Crippen molar-refractivity contribution >= 4 is 33.1 Å². The predicted molar refractivity (Wildman–Crippen MR) is 84.0 cm³/mol. The summed E-state index contributed by atoms with van der Waals surface area (Å²) in [6.07, 6.45) is 1.75. The maximum atomic E-state index is 12.3. The standard InChI is InChI=1S/C13H17ClN4O2S/c1-3-4-9-6-12(17-16-9)18-21(19,20)10-5-8(2)13(14)11(15)7-10/h5-7H,3-4,15H2,1-2H3,(H2,16,17,18). The van der Waals surface area contributed by atoms with Gasteiger partial charge in [-0.3, -0.25) is 9.82 Å². The Morgan fingerprint density at radius 3 is 2.71 bits per heavy atom. The van der Waals surface area contributed by atoms with Crippen molar-refractivity contribution in [2.75, 3.05) is 10.5 Å². The fourth-order valence-corrected chi connectivity index (χ4v) is 3.15. The zero-order chi connectivity index (χ0) is 15.6. The van der Waals surface area contributed by atoms with E-state index in [4.69, 9.17) is 17.3 Å². The molecule has 0 bridgehead atoms. The molecule has 1 aromatic carbocycles. The lowest BCUT2D eigenvalue weighted by atomic mass is 10.2. The van der Waals surface area contributed by atoms with E-state index in [0.29, 0.717) is 10.6 Å². The number of aryl methyl sites for hydroxylation is 2. The molecule has 0 atom stereocenters. The third-order valence-corrected chi connectivity index (χ3v) is 4.81. The zero-order valence-corrected chi connectivity index (χ0v) is 13.3. The number of aromatic amines is 1. The Bertz CT molecular complexity index is 732. The number of halogens is 1. The van der Waals surface area contributed by atoms with E-state index in [1.54, 1.807) is 13.0 Å². The van der Waals surface area contributed by atoms with Gasteiger partial charge in [0, 0.05) is 11.8 Å². The molecule has 1 aromatic heterocycles. The second-order valence-electron chi connectivity index (χ2n) is 4.78. The van der Waals surface area contributed by atoms with Gasteiger partial charge >= 0.3 is 0 Å². The summed E-state index contributed by atoms with van der Waals surface area (Å²) in [6, 6.07) is 4.48. The molecule has 1 heterocycles. The monoisotopic (exact) mass is 328 g/mol. The highest BCUT2D eigenvalue weighted by atomic mass is 35.5. The summed E-state index contributed by atoms with van der Waals surface area (Å²) in [7, 11) is -3.75. The summed E-state index contributed by atoms with van der Waals surface area (Å²) in [5.74, 6) is 0.254. The highest BCUT2D eigenvalue weighted by molar-refractivity contribution is 7.92. The number of nitrogens with one attached hydrogen (secondary N) is 2. The minimum absolute atomic E-state index is 0.0574. The minimum Gasteiger partial charge on any atom is -0.397 e. The van der Waals surface area contributed by atoms with E-state index < -0.39 is 10.0 Å². The number of benzene rings is 1. The first-order valence-electron chi connectivity index (χ1n) is 6.46. The first-order chi connectivity index (χ1) is 9.83. The lowest BCUT2D eigenvalue weighted by molar-refractivity contribution is 0.601. The third-order valence-electron chi connectivity index (χ3n) is 2.96. The van der Waals surface area contributed by atoms with Gasteiger partial charge in [-0.2, -0.15) is 5.10 Å². The summed E-state index contributed by atoms with van der Waals surface area (Å²) in [5.41, 5.74) is 7.42. The molecule has 0 unspecified atom stereocenters. The number of nitrogen functional groups attached to an aromatic ring is 1. The van der Waals surface area contributed by atoms with Crippen LogP contribution in [-0.4, -0.2) is 18.6 Å².